The molecule has 29 heavy (non-hydrogen) atoms. The number of nitrogens with one attached hydrogen (secondary N) is 3. The summed E-state index contributed by atoms with van der Waals surface area (Å²) in [5.74, 6) is 0.399. The van der Waals surface area contributed by atoms with E-state index >= 15 is 0 Å². The summed E-state index contributed by atoms with van der Waals surface area (Å²) in [6.45, 7) is 4.49. The Morgan fingerprint density at radius 3 is 2.93 bits per heavy atom. The number of benzene rings is 2. The molecule has 1 amide bonds. The van der Waals surface area contributed by atoms with Gasteiger partial charge in [-0.3, -0.25) is 9.89 Å². The third-order valence-electron chi connectivity index (χ3n) is 4.57. The van der Waals surface area contributed by atoms with Crippen LogP contribution in [-0.2, 0) is 0 Å². The zero-order chi connectivity index (χ0) is 20.2. The number of nitrogens with zero attached hydrogens (tertiary/aromatic N) is 2. The molecule has 0 aliphatic rings. The van der Waals surface area contributed by atoms with Crippen molar-refractivity contribution in [3.8, 4) is 17.0 Å². The maximum Gasteiger partial charge on any atom is 0.289 e. The average Bonchev–Trinajstić information content (AvgIpc) is 3.34. The highest BCUT2D eigenvalue weighted by atomic mass is 16.5. The molecule has 0 saturated heterocycles. The summed E-state index contributed by atoms with van der Waals surface area (Å²) >= 11 is 0. The number of aromatic nitrogens is 3. The number of para-hydroxylation sites is 1. The first-order valence-corrected chi connectivity index (χ1v) is 9.35. The number of ether oxygens (including phenoxy) is 1. The fraction of sp³-hybridized carbons (Fsp3) is 0.136. The van der Waals surface area contributed by atoms with E-state index < -0.39 is 0 Å². The van der Waals surface area contributed by atoms with E-state index in [2.05, 4.69) is 25.7 Å². The Labute approximate surface area is 167 Å². The molecule has 0 radical (unpaired) electrons. The summed E-state index contributed by atoms with van der Waals surface area (Å²) in [4.78, 5) is 15.7. The number of rotatable bonds is 6. The zero-order valence-corrected chi connectivity index (χ0v) is 16.2. The van der Waals surface area contributed by atoms with Crippen LogP contribution in [0.15, 0.2) is 59.7 Å². The van der Waals surface area contributed by atoms with Crippen molar-refractivity contribution in [2.45, 2.75) is 13.8 Å². The quantitative estimate of drug-likeness (QED) is 0.344. The van der Waals surface area contributed by atoms with E-state index in [0.717, 1.165) is 33.5 Å². The molecular formula is C22H21N5O2. The second-order valence-electron chi connectivity index (χ2n) is 6.54. The summed E-state index contributed by atoms with van der Waals surface area (Å²) in [6, 6.07) is 17.2. The first-order valence-electron chi connectivity index (χ1n) is 9.35. The molecule has 2 aromatic heterocycles. The number of hydrazone groups is 1. The van der Waals surface area contributed by atoms with E-state index in [4.69, 9.17) is 4.74 Å². The van der Waals surface area contributed by atoms with Gasteiger partial charge in [0.2, 0.25) is 0 Å². The van der Waals surface area contributed by atoms with Gasteiger partial charge in [-0.15, -0.1) is 0 Å². The summed E-state index contributed by atoms with van der Waals surface area (Å²) < 4.78 is 5.51. The number of hydrogen-bond acceptors (Lipinski definition) is 4. The van der Waals surface area contributed by atoms with Crippen molar-refractivity contribution < 1.29 is 9.53 Å². The number of aryl methyl sites for hydroxylation is 1. The van der Waals surface area contributed by atoms with E-state index in [0.29, 0.717) is 18.0 Å². The third-order valence-corrected chi connectivity index (χ3v) is 4.57. The maximum atomic E-state index is 12.4. The Hall–Kier alpha value is -3.87. The minimum atomic E-state index is -0.363. The van der Waals surface area contributed by atoms with Crippen LogP contribution < -0.4 is 10.2 Å². The molecule has 3 N–H and O–H groups in total. The molecule has 7 nitrogen and oxygen atoms in total. The van der Waals surface area contributed by atoms with E-state index in [1.807, 2.05) is 62.4 Å². The largest absolute Gasteiger partial charge is 0.494 e. The van der Waals surface area contributed by atoms with Crippen molar-refractivity contribution in [2.24, 2.45) is 5.10 Å². The smallest absolute Gasteiger partial charge is 0.289 e. The Morgan fingerprint density at radius 2 is 2.07 bits per heavy atom. The summed E-state index contributed by atoms with van der Waals surface area (Å²) in [5.41, 5.74) is 7.36. The van der Waals surface area contributed by atoms with Gasteiger partial charge in [0.15, 0.2) is 0 Å². The van der Waals surface area contributed by atoms with Gasteiger partial charge in [-0.2, -0.15) is 10.2 Å². The molecule has 0 fully saturated rings. The number of carbonyl (C=O) groups excluding carboxylic acids is 1. The molecule has 0 aliphatic carbocycles. The lowest BCUT2D eigenvalue weighted by molar-refractivity contribution is 0.0950. The molecule has 0 spiro atoms. The summed E-state index contributed by atoms with van der Waals surface area (Å²) in [6.07, 6.45) is 1.65. The van der Waals surface area contributed by atoms with Crippen LogP contribution in [0.1, 0.15) is 28.7 Å². The molecule has 0 atom stereocenters. The summed E-state index contributed by atoms with van der Waals surface area (Å²) in [5, 5.41) is 12.1. The number of amides is 1. The normalized spacial score (nSPS) is 11.2. The highest BCUT2D eigenvalue weighted by Gasteiger charge is 2.11. The van der Waals surface area contributed by atoms with Crippen LogP contribution in [0, 0.1) is 6.92 Å². The molecule has 7 heteroatoms. The zero-order valence-electron chi connectivity index (χ0n) is 16.2. The van der Waals surface area contributed by atoms with E-state index in [1.165, 1.54) is 0 Å². The van der Waals surface area contributed by atoms with Gasteiger partial charge in [-0.1, -0.05) is 30.3 Å². The van der Waals surface area contributed by atoms with Crippen molar-refractivity contribution in [3.63, 3.8) is 0 Å². The standard InChI is InChI=1S/C22H21N5O2/c1-3-29-16-8-6-7-15(11-16)20-12-21(26-25-20)22(28)27-23-13-18-14(2)24-19-10-5-4-9-17(18)19/h4-13,24H,3H2,1-2H3,(H,25,26)(H,27,28)/b23-13+. The molecule has 4 aromatic rings. The lowest BCUT2D eigenvalue weighted by atomic mass is 10.1. The molecular weight excluding hydrogens is 366 g/mol. The SMILES string of the molecule is CCOc1cccc(-c2cc(C(=O)N/N=C/c3c(C)[nH]c4ccccc34)[nH]n2)c1. The average molecular weight is 387 g/mol. The van der Waals surface area contributed by atoms with Crippen molar-refractivity contribution in [1.82, 2.24) is 20.6 Å². The van der Waals surface area contributed by atoms with Gasteiger partial charge in [0.05, 0.1) is 18.5 Å². The van der Waals surface area contributed by atoms with E-state index in [1.54, 1.807) is 12.3 Å². The minimum Gasteiger partial charge on any atom is -0.494 e. The van der Waals surface area contributed by atoms with Gasteiger partial charge in [-0.05, 0) is 38.1 Å². The van der Waals surface area contributed by atoms with Crippen molar-refractivity contribution in [3.05, 3.63) is 71.5 Å². The lowest BCUT2D eigenvalue weighted by Gasteiger charge is -2.03. The molecule has 146 valence electrons. The van der Waals surface area contributed by atoms with Crippen molar-refractivity contribution in [1.29, 1.82) is 0 Å². The van der Waals surface area contributed by atoms with Crippen LogP contribution in [0.2, 0.25) is 0 Å². The highest BCUT2D eigenvalue weighted by molar-refractivity contribution is 6.01. The van der Waals surface area contributed by atoms with Gasteiger partial charge in [0, 0.05) is 27.7 Å². The fourth-order valence-electron chi connectivity index (χ4n) is 3.18. The first kappa shape index (κ1) is 18.5. The van der Waals surface area contributed by atoms with Crippen LogP contribution in [0.3, 0.4) is 0 Å². The monoisotopic (exact) mass is 387 g/mol. The molecule has 4 rings (SSSR count). The Balaban J connectivity index is 1.47. The number of hydrogen-bond donors (Lipinski definition) is 3. The minimum absolute atomic E-state index is 0.328. The predicted molar refractivity (Wildman–Crippen MR) is 113 cm³/mol. The van der Waals surface area contributed by atoms with Crippen molar-refractivity contribution in [2.75, 3.05) is 6.61 Å². The summed E-state index contributed by atoms with van der Waals surface area (Å²) in [7, 11) is 0. The highest BCUT2D eigenvalue weighted by Crippen LogP contribution is 2.23. The molecule has 0 bridgehead atoms. The van der Waals surface area contributed by atoms with Crippen molar-refractivity contribution >= 4 is 23.0 Å². The Kier molecular flexibility index (Phi) is 5.11. The predicted octanol–water partition coefficient (Wildman–Crippen LogP) is 4.03. The Bertz CT molecular complexity index is 1190. The van der Waals surface area contributed by atoms with Gasteiger partial charge < -0.3 is 9.72 Å². The van der Waals surface area contributed by atoms with E-state index in [-0.39, 0.29) is 5.91 Å². The van der Waals surface area contributed by atoms with Gasteiger partial charge >= 0.3 is 0 Å². The van der Waals surface area contributed by atoms with Gasteiger partial charge in [-0.25, -0.2) is 5.43 Å². The maximum absolute atomic E-state index is 12.4. The Morgan fingerprint density at radius 1 is 1.21 bits per heavy atom. The molecule has 2 heterocycles. The number of fused-ring (bicyclic) bond motifs is 1. The fourth-order valence-corrected chi connectivity index (χ4v) is 3.18. The second kappa shape index (κ2) is 8.02. The molecule has 0 saturated carbocycles. The number of aromatic amines is 2. The first-order chi connectivity index (χ1) is 14.2. The van der Waals surface area contributed by atoms with Crippen LogP contribution >= 0.6 is 0 Å². The van der Waals surface area contributed by atoms with Crippen LogP contribution in [0.4, 0.5) is 0 Å². The topological polar surface area (TPSA) is 95.2 Å². The van der Waals surface area contributed by atoms with Crippen LogP contribution in [-0.4, -0.2) is 33.9 Å². The van der Waals surface area contributed by atoms with Crippen LogP contribution in [0.25, 0.3) is 22.2 Å². The lowest BCUT2D eigenvalue weighted by Crippen LogP contribution is -2.18. The van der Waals surface area contributed by atoms with Gasteiger partial charge in [0.1, 0.15) is 11.4 Å². The van der Waals surface area contributed by atoms with Crippen LogP contribution in [0.5, 0.6) is 5.75 Å². The number of carbonyl (C=O) groups is 1. The molecule has 2 aromatic carbocycles. The number of H-pyrrole nitrogens is 2. The molecule has 0 aliphatic heterocycles. The van der Waals surface area contributed by atoms with Gasteiger partial charge in [0.25, 0.3) is 5.91 Å². The second-order valence-corrected chi connectivity index (χ2v) is 6.54. The van der Waals surface area contributed by atoms with E-state index in [9.17, 15) is 4.79 Å². The molecule has 0 unspecified atom stereocenters. The third kappa shape index (κ3) is 3.89.